The molecule has 0 bridgehead atoms. The fourth-order valence-electron chi connectivity index (χ4n) is 1.24. The van der Waals surface area contributed by atoms with Crippen molar-refractivity contribution >= 4 is 17.7 Å². The van der Waals surface area contributed by atoms with Crippen LogP contribution in [0.5, 0.6) is 0 Å². The number of pyridine rings is 1. The number of Topliss-reactive ketones (excluding diaryl/α,β-unsaturated/α-hetero) is 1. The summed E-state index contributed by atoms with van der Waals surface area (Å²) >= 11 is 0. The van der Waals surface area contributed by atoms with E-state index in [1.165, 1.54) is 6.07 Å². The summed E-state index contributed by atoms with van der Waals surface area (Å²) < 4.78 is 42.1. The summed E-state index contributed by atoms with van der Waals surface area (Å²) in [5.41, 5.74) is -1.57. The standard InChI is InChI=1S/C12H13F3N2O3/c1-11(2,3)20-10(19)17-9-7(5-4-6-16-9)8(18)12(13,14)15/h4-6H,1-3H3,(H,16,17,19). The average molecular weight is 290 g/mol. The minimum atomic E-state index is -5.05. The Morgan fingerprint density at radius 2 is 1.85 bits per heavy atom. The van der Waals surface area contributed by atoms with Crippen LogP contribution in [-0.4, -0.2) is 28.6 Å². The van der Waals surface area contributed by atoms with Crippen molar-refractivity contribution in [3.63, 3.8) is 0 Å². The maximum Gasteiger partial charge on any atom is 0.455 e. The second kappa shape index (κ2) is 5.48. The Morgan fingerprint density at radius 3 is 2.35 bits per heavy atom. The number of carbonyl (C=O) groups is 2. The summed E-state index contributed by atoms with van der Waals surface area (Å²) in [7, 11) is 0. The molecule has 0 spiro atoms. The number of hydrogen-bond acceptors (Lipinski definition) is 4. The van der Waals surface area contributed by atoms with Crippen LogP contribution in [0.15, 0.2) is 18.3 Å². The third-order valence-electron chi connectivity index (χ3n) is 1.93. The molecular formula is C12H13F3N2O3. The highest BCUT2D eigenvalue weighted by Gasteiger charge is 2.41. The van der Waals surface area contributed by atoms with Crippen LogP contribution >= 0.6 is 0 Å². The van der Waals surface area contributed by atoms with Crippen molar-refractivity contribution in [1.29, 1.82) is 0 Å². The molecule has 0 unspecified atom stereocenters. The summed E-state index contributed by atoms with van der Waals surface area (Å²) in [5, 5.41) is 2.03. The van der Waals surface area contributed by atoms with E-state index < -0.39 is 35.0 Å². The molecular weight excluding hydrogens is 277 g/mol. The zero-order valence-corrected chi connectivity index (χ0v) is 11.0. The zero-order valence-electron chi connectivity index (χ0n) is 11.0. The van der Waals surface area contributed by atoms with E-state index in [9.17, 15) is 22.8 Å². The van der Waals surface area contributed by atoms with E-state index in [0.717, 1.165) is 12.3 Å². The predicted octanol–water partition coefficient (Wildman–Crippen LogP) is 3.17. The van der Waals surface area contributed by atoms with E-state index in [1.54, 1.807) is 20.8 Å². The van der Waals surface area contributed by atoms with E-state index >= 15 is 0 Å². The van der Waals surface area contributed by atoms with Crippen molar-refractivity contribution in [3.8, 4) is 0 Å². The van der Waals surface area contributed by atoms with Crippen molar-refractivity contribution in [1.82, 2.24) is 4.98 Å². The Kier molecular flexibility index (Phi) is 4.36. The third kappa shape index (κ3) is 4.52. The minimum absolute atomic E-state index is 0.496. The normalized spacial score (nSPS) is 11.9. The molecule has 1 aromatic heterocycles. The molecule has 0 aliphatic heterocycles. The first-order valence-corrected chi connectivity index (χ1v) is 5.57. The van der Waals surface area contributed by atoms with Gasteiger partial charge in [-0.05, 0) is 32.9 Å². The van der Waals surface area contributed by atoms with Gasteiger partial charge in [0.05, 0.1) is 5.56 Å². The van der Waals surface area contributed by atoms with E-state index in [1.807, 2.05) is 5.32 Å². The number of rotatable bonds is 2. The number of nitrogens with one attached hydrogen (secondary N) is 1. The van der Waals surface area contributed by atoms with Gasteiger partial charge in [-0.25, -0.2) is 9.78 Å². The number of ether oxygens (including phenoxy) is 1. The smallest absolute Gasteiger partial charge is 0.444 e. The van der Waals surface area contributed by atoms with Gasteiger partial charge in [0.1, 0.15) is 11.4 Å². The summed E-state index contributed by atoms with van der Waals surface area (Å²) in [6.45, 7) is 4.77. The number of amides is 1. The lowest BCUT2D eigenvalue weighted by Crippen LogP contribution is -2.29. The number of ketones is 1. The molecule has 0 saturated heterocycles. The van der Waals surface area contributed by atoms with Crippen molar-refractivity contribution in [2.75, 3.05) is 5.32 Å². The summed E-state index contributed by atoms with van der Waals surface area (Å²) in [4.78, 5) is 26.2. The van der Waals surface area contributed by atoms with Crippen LogP contribution in [0.25, 0.3) is 0 Å². The van der Waals surface area contributed by atoms with Crippen LogP contribution in [0.2, 0.25) is 0 Å². The van der Waals surface area contributed by atoms with Gasteiger partial charge in [0.15, 0.2) is 0 Å². The third-order valence-corrected chi connectivity index (χ3v) is 1.93. The molecule has 0 saturated carbocycles. The van der Waals surface area contributed by atoms with E-state index in [-0.39, 0.29) is 0 Å². The largest absolute Gasteiger partial charge is 0.455 e. The lowest BCUT2D eigenvalue weighted by Gasteiger charge is -2.20. The lowest BCUT2D eigenvalue weighted by atomic mass is 10.1. The summed E-state index contributed by atoms with van der Waals surface area (Å²) in [5.74, 6) is -2.58. The number of nitrogens with zero attached hydrogens (tertiary/aromatic N) is 1. The molecule has 1 aromatic rings. The predicted molar refractivity (Wildman–Crippen MR) is 64.5 cm³/mol. The molecule has 5 nitrogen and oxygen atoms in total. The molecule has 0 fully saturated rings. The van der Waals surface area contributed by atoms with Gasteiger partial charge in [0, 0.05) is 6.20 Å². The van der Waals surface area contributed by atoms with Gasteiger partial charge in [0.25, 0.3) is 5.78 Å². The minimum Gasteiger partial charge on any atom is -0.444 e. The second-order valence-corrected chi connectivity index (χ2v) is 4.85. The summed E-state index contributed by atoms with van der Waals surface area (Å²) in [6, 6.07) is 2.09. The van der Waals surface area contributed by atoms with Gasteiger partial charge in [-0.15, -0.1) is 0 Å². The molecule has 110 valence electrons. The van der Waals surface area contributed by atoms with Gasteiger partial charge in [-0.3, -0.25) is 10.1 Å². The second-order valence-electron chi connectivity index (χ2n) is 4.85. The fourth-order valence-corrected chi connectivity index (χ4v) is 1.24. The molecule has 0 atom stereocenters. The zero-order chi connectivity index (χ0) is 15.6. The quantitative estimate of drug-likeness (QED) is 0.849. The highest BCUT2D eigenvalue weighted by molar-refractivity contribution is 6.05. The SMILES string of the molecule is CC(C)(C)OC(=O)Nc1ncccc1C(=O)C(F)(F)F. The highest BCUT2D eigenvalue weighted by Crippen LogP contribution is 2.25. The van der Waals surface area contributed by atoms with Crippen molar-refractivity contribution in [2.24, 2.45) is 0 Å². The average Bonchev–Trinajstić information content (AvgIpc) is 2.24. The van der Waals surface area contributed by atoms with Crippen molar-refractivity contribution in [2.45, 2.75) is 32.5 Å². The van der Waals surface area contributed by atoms with Gasteiger partial charge in [-0.2, -0.15) is 13.2 Å². The van der Waals surface area contributed by atoms with Crippen LogP contribution in [0.1, 0.15) is 31.1 Å². The number of anilines is 1. The first-order valence-electron chi connectivity index (χ1n) is 5.57. The number of halogens is 3. The molecule has 0 aliphatic carbocycles. The number of hydrogen-bond donors (Lipinski definition) is 1. The molecule has 1 rings (SSSR count). The first-order chi connectivity index (χ1) is 9.00. The highest BCUT2D eigenvalue weighted by atomic mass is 19.4. The fraction of sp³-hybridized carbons (Fsp3) is 0.417. The van der Waals surface area contributed by atoms with Gasteiger partial charge < -0.3 is 4.74 Å². The number of carbonyl (C=O) groups excluding carboxylic acids is 2. The van der Waals surface area contributed by atoms with Crippen molar-refractivity contribution < 1.29 is 27.5 Å². The van der Waals surface area contributed by atoms with Crippen LogP contribution in [0, 0.1) is 0 Å². The van der Waals surface area contributed by atoms with Crippen LogP contribution in [0.4, 0.5) is 23.8 Å². The van der Waals surface area contributed by atoms with Gasteiger partial charge >= 0.3 is 12.3 Å². The number of aromatic nitrogens is 1. The van der Waals surface area contributed by atoms with Crippen molar-refractivity contribution in [3.05, 3.63) is 23.9 Å². The molecule has 0 aliphatic rings. The van der Waals surface area contributed by atoms with Crippen LogP contribution < -0.4 is 5.32 Å². The van der Waals surface area contributed by atoms with E-state index in [4.69, 9.17) is 4.74 Å². The molecule has 20 heavy (non-hydrogen) atoms. The summed E-state index contributed by atoms with van der Waals surface area (Å²) in [6.07, 6.45) is -4.89. The Balaban J connectivity index is 2.98. The maximum atomic E-state index is 12.4. The molecule has 1 amide bonds. The molecule has 1 heterocycles. The first kappa shape index (κ1) is 15.9. The van der Waals surface area contributed by atoms with Gasteiger partial charge in [0.2, 0.25) is 0 Å². The topological polar surface area (TPSA) is 68.3 Å². The Bertz CT molecular complexity index is 521. The van der Waals surface area contributed by atoms with Gasteiger partial charge in [-0.1, -0.05) is 0 Å². The molecule has 1 N–H and O–H groups in total. The maximum absolute atomic E-state index is 12.4. The number of alkyl halides is 3. The Labute approximate surface area is 113 Å². The van der Waals surface area contributed by atoms with E-state index in [2.05, 4.69) is 4.98 Å². The lowest BCUT2D eigenvalue weighted by molar-refractivity contribution is -0.0885. The Hall–Kier alpha value is -2.12. The Morgan fingerprint density at radius 1 is 1.25 bits per heavy atom. The van der Waals surface area contributed by atoms with Crippen LogP contribution in [0.3, 0.4) is 0 Å². The van der Waals surface area contributed by atoms with E-state index in [0.29, 0.717) is 0 Å². The molecule has 0 radical (unpaired) electrons. The molecule has 8 heteroatoms. The van der Waals surface area contributed by atoms with Crippen LogP contribution in [-0.2, 0) is 4.74 Å². The molecule has 0 aromatic carbocycles. The monoisotopic (exact) mass is 290 g/mol.